The van der Waals surface area contributed by atoms with E-state index in [1.807, 2.05) is 17.5 Å². The molecule has 1 amide bonds. The van der Waals surface area contributed by atoms with Crippen molar-refractivity contribution in [1.29, 1.82) is 0 Å². The molecule has 0 bridgehead atoms. The Morgan fingerprint density at radius 1 is 1.43 bits per heavy atom. The van der Waals surface area contributed by atoms with Gasteiger partial charge in [-0.2, -0.15) is 0 Å². The Morgan fingerprint density at radius 2 is 2.29 bits per heavy atom. The minimum absolute atomic E-state index is 0.216. The van der Waals surface area contributed by atoms with Crippen molar-refractivity contribution in [3.8, 4) is 0 Å². The summed E-state index contributed by atoms with van der Waals surface area (Å²) >= 11 is 2.81. The van der Waals surface area contributed by atoms with Gasteiger partial charge in [0.15, 0.2) is 5.13 Å². The van der Waals surface area contributed by atoms with Crippen LogP contribution in [-0.4, -0.2) is 15.9 Å². The minimum Gasteiger partial charge on any atom is -0.396 e. The lowest BCUT2D eigenvalue weighted by molar-refractivity contribution is 0.103. The number of aromatic nitrogens is 2. The highest BCUT2D eigenvalue weighted by Gasteiger charge is 2.26. The van der Waals surface area contributed by atoms with Crippen LogP contribution in [0.15, 0.2) is 23.7 Å². The van der Waals surface area contributed by atoms with Gasteiger partial charge in [0, 0.05) is 17.5 Å². The second-order valence-electron chi connectivity index (χ2n) is 5.00. The highest BCUT2D eigenvalue weighted by atomic mass is 32.1. The number of rotatable bonds is 3. The van der Waals surface area contributed by atoms with Gasteiger partial charge < -0.3 is 5.73 Å². The zero-order chi connectivity index (χ0) is 14.4. The van der Waals surface area contributed by atoms with Crippen LogP contribution in [0.2, 0.25) is 0 Å². The summed E-state index contributed by atoms with van der Waals surface area (Å²) in [5.41, 5.74) is 8.23. The fraction of sp³-hybridized carbons (Fsp3) is 0.214. The van der Waals surface area contributed by atoms with Crippen molar-refractivity contribution in [2.45, 2.75) is 18.8 Å². The molecule has 0 spiro atoms. The summed E-state index contributed by atoms with van der Waals surface area (Å²) in [6, 6.07) is 3.75. The van der Waals surface area contributed by atoms with Crippen molar-refractivity contribution in [2.24, 2.45) is 0 Å². The molecule has 7 heteroatoms. The predicted molar refractivity (Wildman–Crippen MR) is 86.1 cm³/mol. The van der Waals surface area contributed by atoms with Crippen molar-refractivity contribution >= 4 is 49.6 Å². The van der Waals surface area contributed by atoms with Gasteiger partial charge in [-0.15, -0.1) is 22.7 Å². The molecule has 106 valence electrons. The van der Waals surface area contributed by atoms with Crippen LogP contribution in [0.1, 0.15) is 34.1 Å². The third-order valence-electron chi connectivity index (χ3n) is 3.43. The highest BCUT2D eigenvalue weighted by molar-refractivity contribution is 7.21. The van der Waals surface area contributed by atoms with E-state index in [1.54, 1.807) is 6.20 Å². The number of nitrogens with two attached hydrogens (primary N) is 1. The van der Waals surface area contributed by atoms with Crippen molar-refractivity contribution in [2.75, 3.05) is 11.1 Å². The molecular formula is C14H12N4OS2. The van der Waals surface area contributed by atoms with E-state index in [0.717, 1.165) is 10.4 Å². The monoisotopic (exact) mass is 316 g/mol. The first-order chi connectivity index (χ1) is 10.2. The van der Waals surface area contributed by atoms with Crippen molar-refractivity contribution < 1.29 is 4.79 Å². The van der Waals surface area contributed by atoms with Crippen LogP contribution in [0, 0.1) is 0 Å². The molecule has 21 heavy (non-hydrogen) atoms. The number of hydrogen-bond donors (Lipinski definition) is 2. The number of thiophene rings is 1. The summed E-state index contributed by atoms with van der Waals surface area (Å²) in [4.78, 5) is 21.5. The molecule has 3 aromatic rings. The molecule has 1 aliphatic rings. The van der Waals surface area contributed by atoms with E-state index < -0.39 is 0 Å². The lowest BCUT2D eigenvalue weighted by Gasteiger charge is -1.99. The Kier molecular flexibility index (Phi) is 2.90. The average Bonchev–Trinajstić information content (AvgIpc) is 3.15. The number of fused-ring (bicyclic) bond motifs is 1. The molecule has 0 radical (unpaired) electrons. The second-order valence-corrected chi connectivity index (χ2v) is 6.91. The Hall–Kier alpha value is -1.99. The van der Waals surface area contributed by atoms with E-state index in [0.29, 0.717) is 27.1 Å². The van der Waals surface area contributed by atoms with Gasteiger partial charge in [0.05, 0.1) is 16.1 Å². The summed E-state index contributed by atoms with van der Waals surface area (Å²) in [6.07, 6.45) is 4.08. The van der Waals surface area contributed by atoms with Crippen LogP contribution in [0.3, 0.4) is 0 Å². The van der Waals surface area contributed by atoms with Crippen LogP contribution in [-0.2, 0) is 0 Å². The van der Waals surface area contributed by atoms with Gasteiger partial charge in [0.25, 0.3) is 5.91 Å². The van der Waals surface area contributed by atoms with E-state index in [9.17, 15) is 4.79 Å². The molecule has 5 nitrogen and oxygen atoms in total. The number of pyridine rings is 1. The molecule has 0 unspecified atom stereocenters. The average molecular weight is 316 g/mol. The van der Waals surface area contributed by atoms with E-state index in [1.165, 1.54) is 35.5 Å². The van der Waals surface area contributed by atoms with Crippen molar-refractivity contribution in [3.63, 3.8) is 0 Å². The Balaban J connectivity index is 1.61. The number of nitrogen functional groups attached to an aromatic ring is 1. The summed E-state index contributed by atoms with van der Waals surface area (Å²) in [5.74, 6) is 0.373. The first-order valence-electron chi connectivity index (χ1n) is 6.62. The topological polar surface area (TPSA) is 80.9 Å². The van der Waals surface area contributed by atoms with Crippen LogP contribution in [0.25, 0.3) is 10.2 Å². The highest BCUT2D eigenvalue weighted by Crippen LogP contribution is 2.41. The van der Waals surface area contributed by atoms with Gasteiger partial charge in [-0.1, -0.05) is 0 Å². The number of carbonyl (C=O) groups excluding carboxylic acids is 1. The third kappa shape index (κ3) is 2.28. The normalized spacial score (nSPS) is 14.5. The van der Waals surface area contributed by atoms with E-state index in [-0.39, 0.29) is 5.91 Å². The SMILES string of the molecule is Nc1c(C(=O)Nc2nc(C3CC3)cs2)sc2cccnc12. The number of anilines is 2. The van der Waals surface area contributed by atoms with Crippen LogP contribution >= 0.6 is 22.7 Å². The maximum absolute atomic E-state index is 12.4. The zero-order valence-corrected chi connectivity index (χ0v) is 12.6. The first-order valence-corrected chi connectivity index (χ1v) is 8.32. The first kappa shape index (κ1) is 12.7. The van der Waals surface area contributed by atoms with Gasteiger partial charge in [-0.05, 0) is 25.0 Å². The molecule has 1 saturated carbocycles. The van der Waals surface area contributed by atoms with Gasteiger partial charge in [0.2, 0.25) is 0 Å². The fourth-order valence-corrected chi connectivity index (χ4v) is 3.94. The summed E-state index contributed by atoms with van der Waals surface area (Å²) in [6.45, 7) is 0. The number of nitrogens with zero attached hydrogens (tertiary/aromatic N) is 2. The van der Waals surface area contributed by atoms with Crippen molar-refractivity contribution in [3.05, 3.63) is 34.3 Å². The summed E-state index contributed by atoms with van der Waals surface area (Å²) < 4.78 is 0.915. The molecule has 0 atom stereocenters. The summed E-state index contributed by atoms with van der Waals surface area (Å²) in [7, 11) is 0. The van der Waals surface area contributed by atoms with Gasteiger partial charge >= 0.3 is 0 Å². The number of thiazole rings is 1. The minimum atomic E-state index is -0.216. The molecule has 3 aromatic heterocycles. The number of carbonyl (C=O) groups is 1. The van der Waals surface area contributed by atoms with E-state index >= 15 is 0 Å². The molecular weight excluding hydrogens is 304 g/mol. The van der Waals surface area contributed by atoms with Crippen molar-refractivity contribution in [1.82, 2.24) is 9.97 Å². The molecule has 0 aromatic carbocycles. The maximum Gasteiger partial charge on any atom is 0.269 e. The maximum atomic E-state index is 12.4. The van der Waals surface area contributed by atoms with E-state index in [2.05, 4.69) is 15.3 Å². The molecule has 1 fully saturated rings. The smallest absolute Gasteiger partial charge is 0.269 e. The number of amides is 1. The van der Waals surface area contributed by atoms with Crippen LogP contribution in [0.4, 0.5) is 10.8 Å². The third-order valence-corrected chi connectivity index (χ3v) is 5.36. The van der Waals surface area contributed by atoms with Gasteiger partial charge in [-0.25, -0.2) is 4.98 Å². The quantitative estimate of drug-likeness (QED) is 0.775. The molecule has 0 aliphatic heterocycles. The Labute approximate surface area is 128 Å². The fourth-order valence-electron chi connectivity index (χ4n) is 2.18. The van der Waals surface area contributed by atoms with E-state index in [4.69, 9.17) is 5.73 Å². The molecule has 4 rings (SSSR count). The van der Waals surface area contributed by atoms with Crippen LogP contribution in [0.5, 0.6) is 0 Å². The second kappa shape index (κ2) is 4.78. The summed E-state index contributed by atoms with van der Waals surface area (Å²) in [5, 5.41) is 5.48. The molecule has 1 aliphatic carbocycles. The number of hydrogen-bond acceptors (Lipinski definition) is 6. The largest absolute Gasteiger partial charge is 0.396 e. The Morgan fingerprint density at radius 3 is 3.05 bits per heavy atom. The molecule has 0 saturated heterocycles. The lowest BCUT2D eigenvalue weighted by Crippen LogP contribution is -2.11. The lowest BCUT2D eigenvalue weighted by atomic mass is 10.3. The predicted octanol–water partition coefficient (Wildman–Crippen LogP) is 3.46. The van der Waals surface area contributed by atoms with Crippen LogP contribution < -0.4 is 11.1 Å². The molecule has 3 heterocycles. The van der Waals surface area contributed by atoms with Gasteiger partial charge in [0.1, 0.15) is 10.4 Å². The standard InChI is InChI=1S/C14H12N4OS2/c15-10-11-9(2-1-5-16-11)21-12(10)13(19)18-14-17-8(6-20-14)7-3-4-7/h1-2,5-7H,3-4,15H2,(H,17,18,19). The van der Waals surface area contributed by atoms with Gasteiger partial charge in [-0.3, -0.25) is 15.1 Å². The number of nitrogens with one attached hydrogen (secondary N) is 1. The Bertz CT molecular complexity index is 834. The molecule has 3 N–H and O–H groups in total. The zero-order valence-electron chi connectivity index (χ0n) is 11.0.